The molecular formula is C18H17N3O. The second kappa shape index (κ2) is 6.72. The van der Waals surface area contributed by atoms with Gasteiger partial charge in [-0.25, -0.2) is 4.98 Å². The molecule has 0 fully saturated rings. The van der Waals surface area contributed by atoms with Gasteiger partial charge in [0.15, 0.2) is 0 Å². The van der Waals surface area contributed by atoms with E-state index in [1.165, 1.54) is 5.56 Å². The van der Waals surface area contributed by atoms with Gasteiger partial charge in [-0.2, -0.15) is 0 Å². The van der Waals surface area contributed by atoms with Gasteiger partial charge in [-0.3, -0.25) is 4.98 Å². The maximum Gasteiger partial charge on any atom is 0.219 e. The molecule has 0 unspecified atom stereocenters. The lowest BCUT2D eigenvalue weighted by molar-refractivity contribution is 0.463. The summed E-state index contributed by atoms with van der Waals surface area (Å²) in [5.74, 6) is 1.36. The molecule has 4 nitrogen and oxygen atoms in total. The largest absolute Gasteiger partial charge is 0.439 e. The van der Waals surface area contributed by atoms with Gasteiger partial charge in [0.05, 0.1) is 24.1 Å². The number of anilines is 1. The van der Waals surface area contributed by atoms with Crippen LogP contribution in [-0.2, 0) is 6.54 Å². The third-order valence-corrected chi connectivity index (χ3v) is 3.18. The van der Waals surface area contributed by atoms with Crippen molar-refractivity contribution in [1.29, 1.82) is 0 Å². The average Bonchev–Trinajstić information content (AvgIpc) is 2.57. The van der Waals surface area contributed by atoms with E-state index in [1.54, 1.807) is 12.4 Å². The van der Waals surface area contributed by atoms with Crippen LogP contribution in [0.5, 0.6) is 11.6 Å². The monoisotopic (exact) mass is 291 g/mol. The van der Waals surface area contributed by atoms with E-state index in [0.717, 1.165) is 17.1 Å². The molecule has 0 aliphatic rings. The summed E-state index contributed by atoms with van der Waals surface area (Å²) in [7, 11) is 0. The van der Waals surface area contributed by atoms with E-state index in [2.05, 4.69) is 15.3 Å². The quantitative estimate of drug-likeness (QED) is 0.765. The number of nitrogens with one attached hydrogen (secondary N) is 1. The summed E-state index contributed by atoms with van der Waals surface area (Å²) in [4.78, 5) is 8.57. The predicted molar refractivity (Wildman–Crippen MR) is 87.1 cm³/mol. The number of aryl methyl sites for hydroxylation is 1. The van der Waals surface area contributed by atoms with E-state index >= 15 is 0 Å². The molecule has 0 aliphatic heterocycles. The third-order valence-electron chi connectivity index (χ3n) is 3.18. The summed E-state index contributed by atoms with van der Waals surface area (Å²) in [5.41, 5.74) is 3.12. The van der Waals surface area contributed by atoms with Crippen molar-refractivity contribution in [3.63, 3.8) is 0 Å². The number of aromatic nitrogens is 2. The summed E-state index contributed by atoms with van der Waals surface area (Å²) in [6, 6.07) is 17.5. The van der Waals surface area contributed by atoms with Crippen molar-refractivity contribution >= 4 is 5.69 Å². The molecule has 2 heterocycles. The molecule has 3 rings (SSSR count). The number of pyridine rings is 2. The van der Waals surface area contributed by atoms with E-state index in [9.17, 15) is 0 Å². The van der Waals surface area contributed by atoms with Gasteiger partial charge in [0.2, 0.25) is 5.88 Å². The maximum absolute atomic E-state index is 5.70. The van der Waals surface area contributed by atoms with Crippen LogP contribution in [0.25, 0.3) is 0 Å². The Morgan fingerprint density at radius 2 is 1.82 bits per heavy atom. The normalized spacial score (nSPS) is 10.2. The van der Waals surface area contributed by atoms with Crippen molar-refractivity contribution in [1.82, 2.24) is 9.97 Å². The zero-order valence-electron chi connectivity index (χ0n) is 12.4. The van der Waals surface area contributed by atoms with Crippen LogP contribution < -0.4 is 10.1 Å². The zero-order chi connectivity index (χ0) is 15.2. The van der Waals surface area contributed by atoms with Crippen molar-refractivity contribution in [2.45, 2.75) is 13.5 Å². The fraction of sp³-hybridized carbons (Fsp3) is 0.111. The SMILES string of the molecule is Cc1ccc(Oc2ccc(NCc3ccccn3)cn2)cc1. The smallest absolute Gasteiger partial charge is 0.219 e. The van der Waals surface area contributed by atoms with Gasteiger partial charge in [-0.05, 0) is 37.3 Å². The van der Waals surface area contributed by atoms with Gasteiger partial charge < -0.3 is 10.1 Å². The molecule has 22 heavy (non-hydrogen) atoms. The molecule has 3 aromatic rings. The molecule has 1 N–H and O–H groups in total. The molecule has 0 radical (unpaired) electrons. The fourth-order valence-electron chi connectivity index (χ4n) is 1.97. The Balaban J connectivity index is 1.59. The van der Waals surface area contributed by atoms with Crippen LogP contribution in [0, 0.1) is 6.92 Å². The fourth-order valence-corrected chi connectivity index (χ4v) is 1.97. The Bertz CT molecular complexity index is 710. The second-order valence-electron chi connectivity index (χ2n) is 4.97. The molecule has 0 bridgehead atoms. The van der Waals surface area contributed by atoms with Gasteiger partial charge in [0.25, 0.3) is 0 Å². The van der Waals surface area contributed by atoms with Crippen LogP contribution in [0.4, 0.5) is 5.69 Å². The van der Waals surface area contributed by atoms with Crippen LogP contribution in [0.2, 0.25) is 0 Å². The molecular weight excluding hydrogens is 274 g/mol. The number of hydrogen-bond acceptors (Lipinski definition) is 4. The first-order chi connectivity index (χ1) is 10.8. The van der Waals surface area contributed by atoms with Crippen molar-refractivity contribution in [3.8, 4) is 11.6 Å². The van der Waals surface area contributed by atoms with Crippen LogP contribution in [0.3, 0.4) is 0 Å². The molecule has 110 valence electrons. The average molecular weight is 291 g/mol. The van der Waals surface area contributed by atoms with Crippen LogP contribution in [0.1, 0.15) is 11.3 Å². The second-order valence-corrected chi connectivity index (χ2v) is 4.97. The Morgan fingerprint density at radius 3 is 2.50 bits per heavy atom. The summed E-state index contributed by atoms with van der Waals surface area (Å²) < 4.78 is 5.70. The van der Waals surface area contributed by atoms with E-state index in [-0.39, 0.29) is 0 Å². The maximum atomic E-state index is 5.70. The molecule has 0 saturated heterocycles. The molecule has 0 atom stereocenters. The zero-order valence-corrected chi connectivity index (χ0v) is 12.4. The molecule has 1 aromatic carbocycles. The Labute approximate surface area is 129 Å². The molecule has 2 aromatic heterocycles. The minimum atomic E-state index is 0.576. The molecule has 4 heteroatoms. The van der Waals surface area contributed by atoms with Gasteiger partial charge in [0, 0.05) is 12.3 Å². The topological polar surface area (TPSA) is 47.0 Å². The van der Waals surface area contributed by atoms with Gasteiger partial charge >= 0.3 is 0 Å². The lowest BCUT2D eigenvalue weighted by atomic mass is 10.2. The minimum Gasteiger partial charge on any atom is -0.439 e. The molecule has 0 aliphatic carbocycles. The highest BCUT2D eigenvalue weighted by Crippen LogP contribution is 2.20. The van der Waals surface area contributed by atoms with Crippen LogP contribution in [-0.4, -0.2) is 9.97 Å². The highest BCUT2D eigenvalue weighted by atomic mass is 16.5. The summed E-state index contributed by atoms with van der Waals surface area (Å²) in [5, 5.41) is 3.28. The number of hydrogen-bond donors (Lipinski definition) is 1. The lowest BCUT2D eigenvalue weighted by Crippen LogP contribution is -2.01. The molecule has 0 saturated carbocycles. The van der Waals surface area contributed by atoms with E-state index in [1.807, 2.05) is 61.5 Å². The van der Waals surface area contributed by atoms with Crippen molar-refractivity contribution in [3.05, 3.63) is 78.2 Å². The minimum absolute atomic E-state index is 0.576. The molecule has 0 spiro atoms. The molecule has 0 amide bonds. The van der Waals surface area contributed by atoms with Crippen molar-refractivity contribution in [2.24, 2.45) is 0 Å². The summed E-state index contributed by atoms with van der Waals surface area (Å²) in [6.07, 6.45) is 3.54. The van der Waals surface area contributed by atoms with Crippen LogP contribution >= 0.6 is 0 Å². The lowest BCUT2D eigenvalue weighted by Gasteiger charge is -2.08. The highest BCUT2D eigenvalue weighted by Gasteiger charge is 2.00. The van der Waals surface area contributed by atoms with Crippen molar-refractivity contribution in [2.75, 3.05) is 5.32 Å². The summed E-state index contributed by atoms with van der Waals surface area (Å²) in [6.45, 7) is 2.71. The predicted octanol–water partition coefficient (Wildman–Crippen LogP) is 4.19. The highest BCUT2D eigenvalue weighted by molar-refractivity contribution is 5.43. The Kier molecular flexibility index (Phi) is 4.30. The number of benzene rings is 1. The number of ether oxygens (including phenoxy) is 1. The van der Waals surface area contributed by atoms with Crippen molar-refractivity contribution < 1.29 is 4.74 Å². The van der Waals surface area contributed by atoms with E-state index in [4.69, 9.17) is 4.74 Å². The first-order valence-electron chi connectivity index (χ1n) is 7.14. The van der Waals surface area contributed by atoms with E-state index < -0.39 is 0 Å². The van der Waals surface area contributed by atoms with Gasteiger partial charge in [-0.1, -0.05) is 23.8 Å². The Morgan fingerprint density at radius 1 is 0.955 bits per heavy atom. The first-order valence-corrected chi connectivity index (χ1v) is 7.14. The third kappa shape index (κ3) is 3.82. The number of nitrogens with zero attached hydrogens (tertiary/aromatic N) is 2. The van der Waals surface area contributed by atoms with E-state index in [0.29, 0.717) is 12.4 Å². The van der Waals surface area contributed by atoms with Gasteiger partial charge in [0.1, 0.15) is 5.75 Å². The Hall–Kier alpha value is -2.88. The van der Waals surface area contributed by atoms with Gasteiger partial charge in [-0.15, -0.1) is 0 Å². The summed E-state index contributed by atoms with van der Waals surface area (Å²) >= 11 is 0. The van der Waals surface area contributed by atoms with Crippen LogP contribution in [0.15, 0.2) is 67.0 Å². The number of rotatable bonds is 5. The standard InChI is InChI=1S/C18H17N3O/c1-14-5-8-17(9-6-14)22-18-10-7-16(13-21-18)20-12-15-4-2-3-11-19-15/h2-11,13,20H,12H2,1H3. The first kappa shape index (κ1) is 14.1.